The quantitative estimate of drug-likeness (QED) is 0.379. The van der Waals surface area contributed by atoms with E-state index in [4.69, 9.17) is 0 Å². The van der Waals surface area contributed by atoms with Crippen molar-refractivity contribution in [2.45, 2.75) is 51.1 Å². The van der Waals surface area contributed by atoms with E-state index in [0.717, 1.165) is 33.0 Å². The first kappa shape index (κ1) is 29.1. The van der Waals surface area contributed by atoms with Gasteiger partial charge in [-0.1, -0.05) is 84.8 Å². The van der Waals surface area contributed by atoms with Crippen LogP contribution in [0.5, 0.6) is 0 Å². The lowest BCUT2D eigenvalue weighted by atomic mass is 10.0. The lowest BCUT2D eigenvalue weighted by molar-refractivity contribution is -0.141. The standard InChI is InChI=1S/C30H37N3O4S/c1-5-19-31-30(35)28(20-25-9-7-6-8-10-25)33(21-26-15-11-23(2)12-16-26)29(34)22-32(4)38(36,37)27-17-13-24(3)14-18-27/h6-18,28H,5,19-22H2,1-4H3,(H,31,35)/t28-/m1/s1. The molecule has 0 bridgehead atoms. The Bertz CT molecular complexity index is 1310. The fourth-order valence-corrected chi connectivity index (χ4v) is 5.19. The predicted octanol–water partition coefficient (Wildman–Crippen LogP) is 4.09. The highest BCUT2D eigenvalue weighted by atomic mass is 32.2. The molecule has 7 nitrogen and oxygen atoms in total. The number of likely N-dealkylation sites (N-methyl/N-ethyl adjacent to an activating group) is 1. The minimum absolute atomic E-state index is 0.116. The Kier molecular flexibility index (Phi) is 10.2. The van der Waals surface area contributed by atoms with Crippen LogP contribution in [-0.2, 0) is 32.6 Å². The van der Waals surface area contributed by atoms with Crippen LogP contribution >= 0.6 is 0 Å². The molecule has 0 aliphatic rings. The summed E-state index contributed by atoms with van der Waals surface area (Å²) in [5, 5.41) is 2.93. The molecule has 2 amide bonds. The van der Waals surface area contributed by atoms with E-state index < -0.39 is 28.5 Å². The van der Waals surface area contributed by atoms with E-state index in [-0.39, 0.29) is 17.3 Å². The average molecular weight is 536 g/mol. The number of aryl methyl sites for hydroxylation is 2. The zero-order valence-corrected chi connectivity index (χ0v) is 23.4. The molecule has 1 atom stereocenters. The van der Waals surface area contributed by atoms with Gasteiger partial charge in [-0.25, -0.2) is 8.42 Å². The van der Waals surface area contributed by atoms with Crippen LogP contribution < -0.4 is 5.32 Å². The van der Waals surface area contributed by atoms with Crippen molar-refractivity contribution in [3.8, 4) is 0 Å². The minimum Gasteiger partial charge on any atom is -0.354 e. The Morgan fingerprint density at radius 1 is 0.842 bits per heavy atom. The summed E-state index contributed by atoms with van der Waals surface area (Å²) >= 11 is 0. The number of hydrogen-bond acceptors (Lipinski definition) is 4. The van der Waals surface area contributed by atoms with Crippen LogP contribution in [0.4, 0.5) is 0 Å². The molecule has 0 radical (unpaired) electrons. The molecule has 1 N–H and O–H groups in total. The molecular formula is C30H37N3O4S. The molecule has 0 spiro atoms. The van der Waals surface area contributed by atoms with Gasteiger partial charge in [-0.05, 0) is 43.5 Å². The largest absolute Gasteiger partial charge is 0.354 e. The van der Waals surface area contributed by atoms with Crippen molar-refractivity contribution in [1.82, 2.24) is 14.5 Å². The fourth-order valence-electron chi connectivity index (χ4n) is 4.07. The van der Waals surface area contributed by atoms with Crippen LogP contribution in [0.1, 0.15) is 35.6 Å². The number of carbonyl (C=O) groups is 2. The third kappa shape index (κ3) is 7.76. The summed E-state index contributed by atoms with van der Waals surface area (Å²) in [5.74, 6) is -0.712. The first-order valence-electron chi connectivity index (χ1n) is 12.8. The molecule has 0 fully saturated rings. The number of nitrogens with zero attached hydrogens (tertiary/aromatic N) is 2. The van der Waals surface area contributed by atoms with Crippen LogP contribution in [0.15, 0.2) is 83.8 Å². The zero-order valence-electron chi connectivity index (χ0n) is 22.6. The number of carbonyl (C=O) groups excluding carboxylic acids is 2. The van der Waals surface area contributed by atoms with Gasteiger partial charge in [0.15, 0.2) is 0 Å². The zero-order chi connectivity index (χ0) is 27.7. The van der Waals surface area contributed by atoms with Gasteiger partial charge in [0, 0.05) is 26.6 Å². The van der Waals surface area contributed by atoms with Gasteiger partial charge in [-0.2, -0.15) is 4.31 Å². The summed E-state index contributed by atoms with van der Waals surface area (Å²) < 4.78 is 27.5. The van der Waals surface area contributed by atoms with E-state index in [1.54, 1.807) is 12.1 Å². The number of amides is 2. The molecule has 0 aliphatic carbocycles. The normalized spacial score (nSPS) is 12.2. The van der Waals surface area contributed by atoms with Crippen LogP contribution in [0, 0.1) is 13.8 Å². The minimum atomic E-state index is -3.90. The third-order valence-electron chi connectivity index (χ3n) is 6.38. The Labute approximate surface area is 226 Å². The number of hydrogen-bond donors (Lipinski definition) is 1. The molecule has 0 aromatic heterocycles. The van der Waals surface area contributed by atoms with Gasteiger partial charge >= 0.3 is 0 Å². The Morgan fingerprint density at radius 3 is 2.00 bits per heavy atom. The van der Waals surface area contributed by atoms with Gasteiger partial charge in [-0.3, -0.25) is 9.59 Å². The molecule has 38 heavy (non-hydrogen) atoms. The van der Waals surface area contributed by atoms with Gasteiger partial charge in [-0.15, -0.1) is 0 Å². The van der Waals surface area contributed by atoms with Gasteiger partial charge in [0.25, 0.3) is 0 Å². The van der Waals surface area contributed by atoms with E-state index in [0.29, 0.717) is 13.0 Å². The lowest BCUT2D eigenvalue weighted by Gasteiger charge is -2.32. The second kappa shape index (κ2) is 13.3. The highest BCUT2D eigenvalue weighted by Gasteiger charge is 2.32. The van der Waals surface area contributed by atoms with Crippen LogP contribution in [0.2, 0.25) is 0 Å². The Morgan fingerprint density at radius 2 is 1.42 bits per heavy atom. The van der Waals surface area contributed by atoms with Gasteiger partial charge in [0.05, 0.1) is 11.4 Å². The summed E-state index contributed by atoms with van der Waals surface area (Å²) in [6.07, 6.45) is 1.07. The SMILES string of the molecule is CCCNC(=O)[C@@H](Cc1ccccc1)N(Cc1ccc(C)cc1)C(=O)CN(C)S(=O)(=O)c1ccc(C)cc1. The second-order valence-electron chi connectivity index (χ2n) is 9.58. The van der Waals surface area contributed by atoms with E-state index >= 15 is 0 Å². The maximum absolute atomic E-state index is 13.8. The molecule has 0 saturated heterocycles. The lowest BCUT2D eigenvalue weighted by Crippen LogP contribution is -2.53. The molecule has 3 aromatic rings. The highest BCUT2D eigenvalue weighted by molar-refractivity contribution is 7.89. The van der Waals surface area contributed by atoms with Crippen molar-refractivity contribution >= 4 is 21.8 Å². The molecule has 202 valence electrons. The first-order valence-corrected chi connectivity index (χ1v) is 14.3. The maximum atomic E-state index is 13.8. The van der Waals surface area contributed by atoms with Crippen molar-refractivity contribution in [2.24, 2.45) is 0 Å². The van der Waals surface area contributed by atoms with Crippen LogP contribution in [0.3, 0.4) is 0 Å². The maximum Gasteiger partial charge on any atom is 0.243 e. The van der Waals surface area contributed by atoms with Gasteiger partial charge in [0.1, 0.15) is 6.04 Å². The highest BCUT2D eigenvalue weighted by Crippen LogP contribution is 2.19. The summed E-state index contributed by atoms with van der Waals surface area (Å²) in [7, 11) is -2.51. The van der Waals surface area contributed by atoms with Crippen molar-refractivity contribution < 1.29 is 18.0 Å². The van der Waals surface area contributed by atoms with Crippen molar-refractivity contribution in [3.05, 3.63) is 101 Å². The molecule has 8 heteroatoms. The Hall–Kier alpha value is -3.49. The third-order valence-corrected chi connectivity index (χ3v) is 8.20. The predicted molar refractivity (Wildman–Crippen MR) is 150 cm³/mol. The Balaban J connectivity index is 1.95. The van der Waals surface area contributed by atoms with Crippen molar-refractivity contribution in [3.63, 3.8) is 0 Å². The summed E-state index contributed by atoms with van der Waals surface area (Å²) in [4.78, 5) is 28.8. The number of nitrogens with one attached hydrogen (secondary N) is 1. The molecule has 0 unspecified atom stereocenters. The van der Waals surface area contributed by atoms with E-state index in [2.05, 4.69) is 5.32 Å². The van der Waals surface area contributed by atoms with Crippen molar-refractivity contribution in [1.29, 1.82) is 0 Å². The molecule has 0 heterocycles. The average Bonchev–Trinajstić information content (AvgIpc) is 2.91. The fraction of sp³-hybridized carbons (Fsp3) is 0.333. The molecule has 0 saturated carbocycles. The molecule has 3 aromatic carbocycles. The van der Waals surface area contributed by atoms with E-state index in [1.807, 2.05) is 75.4 Å². The monoisotopic (exact) mass is 535 g/mol. The van der Waals surface area contributed by atoms with Crippen molar-refractivity contribution in [2.75, 3.05) is 20.1 Å². The number of rotatable bonds is 12. The van der Waals surface area contributed by atoms with E-state index in [9.17, 15) is 18.0 Å². The van der Waals surface area contributed by atoms with Gasteiger partial charge in [0.2, 0.25) is 21.8 Å². The summed E-state index contributed by atoms with van der Waals surface area (Å²) in [5.41, 5.74) is 3.78. The number of benzene rings is 3. The first-order chi connectivity index (χ1) is 18.1. The van der Waals surface area contributed by atoms with Crippen LogP contribution in [0.25, 0.3) is 0 Å². The molecule has 3 rings (SSSR count). The topological polar surface area (TPSA) is 86.8 Å². The van der Waals surface area contributed by atoms with Gasteiger partial charge < -0.3 is 10.2 Å². The molecule has 0 aliphatic heterocycles. The van der Waals surface area contributed by atoms with E-state index in [1.165, 1.54) is 24.1 Å². The van der Waals surface area contributed by atoms with Crippen LogP contribution in [-0.4, -0.2) is 55.6 Å². The second-order valence-corrected chi connectivity index (χ2v) is 11.6. The molecular weight excluding hydrogens is 498 g/mol. The smallest absolute Gasteiger partial charge is 0.243 e. The summed E-state index contributed by atoms with van der Waals surface area (Å²) in [6, 6.07) is 23.0. The number of sulfonamides is 1. The summed E-state index contributed by atoms with van der Waals surface area (Å²) in [6.45, 7) is 6.09.